The standard InChI is InChI=1S/C24H23N3O2/c1-17(18-9-5-8-14-23(18)29-2)25-26-24(28)15-16-27-21-12-6-3-10-19(21)20-11-4-7-13-22(20)27/h3-14H,15-16H2,1-2H3,(H,26,28)/b25-17+. The summed E-state index contributed by atoms with van der Waals surface area (Å²) < 4.78 is 7.55. The highest BCUT2D eigenvalue weighted by Crippen LogP contribution is 2.28. The van der Waals surface area contributed by atoms with Gasteiger partial charge in [-0.25, -0.2) is 5.43 Å². The Kier molecular flexibility index (Phi) is 5.29. The second kappa shape index (κ2) is 8.19. The van der Waals surface area contributed by atoms with E-state index in [2.05, 4.69) is 39.4 Å². The molecule has 0 radical (unpaired) electrons. The minimum Gasteiger partial charge on any atom is -0.496 e. The molecule has 0 saturated carbocycles. The third kappa shape index (κ3) is 3.72. The van der Waals surface area contributed by atoms with Crippen molar-refractivity contribution < 1.29 is 9.53 Å². The number of carbonyl (C=O) groups excluding carboxylic acids is 1. The predicted molar refractivity (Wildman–Crippen MR) is 117 cm³/mol. The molecule has 5 nitrogen and oxygen atoms in total. The van der Waals surface area contributed by atoms with Gasteiger partial charge in [0.1, 0.15) is 5.75 Å². The van der Waals surface area contributed by atoms with Crippen LogP contribution in [0.1, 0.15) is 18.9 Å². The Balaban J connectivity index is 1.50. The number of rotatable bonds is 6. The molecule has 0 saturated heterocycles. The van der Waals surface area contributed by atoms with E-state index in [0.717, 1.165) is 22.3 Å². The molecule has 0 aliphatic heterocycles. The van der Waals surface area contributed by atoms with E-state index in [9.17, 15) is 4.79 Å². The molecule has 146 valence electrons. The highest BCUT2D eigenvalue weighted by molar-refractivity contribution is 6.08. The maximum absolute atomic E-state index is 12.4. The average molecular weight is 385 g/mol. The molecule has 3 aromatic carbocycles. The lowest BCUT2D eigenvalue weighted by Gasteiger charge is -2.09. The molecule has 0 fully saturated rings. The van der Waals surface area contributed by atoms with Crippen LogP contribution in [0, 0.1) is 0 Å². The Morgan fingerprint density at radius 1 is 0.931 bits per heavy atom. The third-order valence-electron chi connectivity index (χ3n) is 5.09. The maximum Gasteiger partial charge on any atom is 0.241 e. The van der Waals surface area contributed by atoms with Gasteiger partial charge >= 0.3 is 0 Å². The van der Waals surface area contributed by atoms with Crippen molar-refractivity contribution in [3.05, 3.63) is 78.4 Å². The minimum absolute atomic E-state index is 0.124. The molecular weight excluding hydrogens is 362 g/mol. The van der Waals surface area contributed by atoms with E-state index in [4.69, 9.17) is 4.74 Å². The van der Waals surface area contributed by atoms with Crippen LogP contribution in [-0.4, -0.2) is 23.3 Å². The molecule has 0 bridgehead atoms. The van der Waals surface area contributed by atoms with E-state index < -0.39 is 0 Å². The van der Waals surface area contributed by atoms with Crippen molar-refractivity contribution >= 4 is 33.4 Å². The summed E-state index contributed by atoms with van der Waals surface area (Å²) in [5, 5.41) is 6.66. The number of ether oxygens (including phenoxy) is 1. The highest BCUT2D eigenvalue weighted by Gasteiger charge is 2.11. The number of hydrogen-bond acceptors (Lipinski definition) is 3. The van der Waals surface area contributed by atoms with Gasteiger partial charge in [-0.1, -0.05) is 48.5 Å². The van der Waals surface area contributed by atoms with Crippen LogP contribution < -0.4 is 10.2 Å². The molecule has 5 heteroatoms. The van der Waals surface area contributed by atoms with Gasteiger partial charge < -0.3 is 9.30 Å². The van der Waals surface area contributed by atoms with Gasteiger partial charge in [-0.3, -0.25) is 4.79 Å². The van der Waals surface area contributed by atoms with Crippen molar-refractivity contribution in [1.82, 2.24) is 9.99 Å². The monoisotopic (exact) mass is 385 g/mol. The van der Waals surface area contributed by atoms with Crippen LogP contribution in [0.5, 0.6) is 5.75 Å². The summed E-state index contributed by atoms with van der Waals surface area (Å²) in [5.74, 6) is 0.606. The molecule has 1 heterocycles. The Morgan fingerprint density at radius 3 is 2.17 bits per heavy atom. The number of hydrazone groups is 1. The zero-order chi connectivity index (χ0) is 20.2. The molecule has 4 rings (SSSR count). The molecule has 4 aromatic rings. The molecule has 0 spiro atoms. The zero-order valence-electron chi connectivity index (χ0n) is 16.6. The van der Waals surface area contributed by atoms with Gasteiger partial charge in [0, 0.05) is 40.3 Å². The van der Waals surface area contributed by atoms with Crippen LogP contribution in [-0.2, 0) is 11.3 Å². The fourth-order valence-corrected chi connectivity index (χ4v) is 3.66. The number of benzene rings is 3. The van der Waals surface area contributed by atoms with E-state index in [0.29, 0.717) is 18.7 Å². The van der Waals surface area contributed by atoms with Gasteiger partial charge in [0.05, 0.1) is 12.8 Å². The molecular formula is C24H23N3O2. The SMILES string of the molecule is COc1ccccc1/C(C)=N/NC(=O)CCn1c2ccccc2c2ccccc21. The van der Waals surface area contributed by atoms with Gasteiger partial charge in [-0.05, 0) is 31.2 Å². The lowest BCUT2D eigenvalue weighted by atomic mass is 10.1. The molecule has 0 atom stereocenters. The van der Waals surface area contributed by atoms with E-state index >= 15 is 0 Å². The smallest absolute Gasteiger partial charge is 0.241 e. The van der Waals surface area contributed by atoms with Gasteiger partial charge in [0.2, 0.25) is 5.91 Å². The van der Waals surface area contributed by atoms with E-state index in [1.54, 1.807) is 7.11 Å². The first-order valence-electron chi connectivity index (χ1n) is 9.61. The number of nitrogens with zero attached hydrogens (tertiary/aromatic N) is 2. The quantitative estimate of drug-likeness (QED) is 0.385. The highest BCUT2D eigenvalue weighted by atomic mass is 16.5. The van der Waals surface area contributed by atoms with Crippen molar-refractivity contribution in [3.63, 3.8) is 0 Å². The van der Waals surface area contributed by atoms with E-state index in [1.165, 1.54) is 10.8 Å². The first kappa shape index (κ1) is 18.7. The van der Waals surface area contributed by atoms with Crippen molar-refractivity contribution in [3.8, 4) is 5.75 Å². The number of para-hydroxylation sites is 3. The largest absolute Gasteiger partial charge is 0.496 e. The second-order valence-electron chi connectivity index (χ2n) is 6.87. The number of aromatic nitrogens is 1. The van der Waals surface area contributed by atoms with Crippen LogP contribution >= 0.6 is 0 Å². The van der Waals surface area contributed by atoms with Crippen LogP contribution in [0.15, 0.2) is 77.9 Å². The summed E-state index contributed by atoms with van der Waals surface area (Å²) in [6, 6.07) is 24.2. The van der Waals surface area contributed by atoms with E-state index in [-0.39, 0.29) is 5.91 Å². The fourth-order valence-electron chi connectivity index (χ4n) is 3.66. The summed E-state index contributed by atoms with van der Waals surface area (Å²) in [6.07, 6.45) is 0.339. The number of amides is 1. The molecule has 0 aliphatic carbocycles. The molecule has 0 aliphatic rings. The van der Waals surface area contributed by atoms with Crippen LogP contribution in [0.2, 0.25) is 0 Å². The van der Waals surface area contributed by atoms with Crippen LogP contribution in [0.25, 0.3) is 21.8 Å². The Bertz CT molecular complexity index is 1150. The molecule has 0 unspecified atom stereocenters. The maximum atomic E-state index is 12.4. The number of nitrogens with one attached hydrogen (secondary N) is 1. The third-order valence-corrected chi connectivity index (χ3v) is 5.09. The summed E-state index contributed by atoms with van der Waals surface area (Å²) in [4.78, 5) is 12.4. The summed E-state index contributed by atoms with van der Waals surface area (Å²) >= 11 is 0. The molecule has 1 aromatic heterocycles. The number of methoxy groups -OCH3 is 1. The van der Waals surface area contributed by atoms with Crippen molar-refractivity contribution in [2.45, 2.75) is 19.9 Å². The Morgan fingerprint density at radius 2 is 1.52 bits per heavy atom. The van der Waals surface area contributed by atoms with Crippen molar-refractivity contribution in [2.24, 2.45) is 5.10 Å². The van der Waals surface area contributed by atoms with Gasteiger partial charge in [0.15, 0.2) is 0 Å². The average Bonchev–Trinajstić information content (AvgIpc) is 3.09. The number of carbonyl (C=O) groups is 1. The number of aryl methyl sites for hydroxylation is 1. The second-order valence-corrected chi connectivity index (χ2v) is 6.87. The van der Waals surface area contributed by atoms with Crippen LogP contribution in [0.4, 0.5) is 0 Å². The van der Waals surface area contributed by atoms with Gasteiger partial charge in [-0.15, -0.1) is 0 Å². The first-order valence-corrected chi connectivity index (χ1v) is 9.61. The normalized spacial score (nSPS) is 11.7. The molecule has 1 amide bonds. The lowest BCUT2D eigenvalue weighted by Crippen LogP contribution is -2.21. The van der Waals surface area contributed by atoms with Gasteiger partial charge in [-0.2, -0.15) is 5.10 Å². The molecule has 29 heavy (non-hydrogen) atoms. The first-order chi connectivity index (χ1) is 14.2. The number of hydrogen-bond donors (Lipinski definition) is 1. The Hall–Kier alpha value is -3.60. The van der Waals surface area contributed by atoms with Crippen LogP contribution in [0.3, 0.4) is 0 Å². The number of fused-ring (bicyclic) bond motifs is 3. The summed E-state index contributed by atoms with van der Waals surface area (Å²) in [5.41, 5.74) is 6.50. The zero-order valence-corrected chi connectivity index (χ0v) is 16.6. The predicted octanol–water partition coefficient (Wildman–Crippen LogP) is 4.73. The minimum atomic E-state index is -0.124. The molecule has 1 N–H and O–H groups in total. The summed E-state index contributed by atoms with van der Waals surface area (Å²) in [7, 11) is 1.62. The van der Waals surface area contributed by atoms with E-state index in [1.807, 2.05) is 55.5 Å². The van der Waals surface area contributed by atoms with Gasteiger partial charge in [0.25, 0.3) is 0 Å². The topological polar surface area (TPSA) is 55.6 Å². The Labute approximate surface area is 169 Å². The fraction of sp³-hybridized carbons (Fsp3) is 0.167. The lowest BCUT2D eigenvalue weighted by molar-refractivity contribution is -0.121. The van der Waals surface area contributed by atoms with Crippen molar-refractivity contribution in [1.29, 1.82) is 0 Å². The summed E-state index contributed by atoms with van der Waals surface area (Å²) in [6.45, 7) is 2.44. The van der Waals surface area contributed by atoms with Crippen molar-refractivity contribution in [2.75, 3.05) is 7.11 Å².